The normalized spacial score (nSPS) is 12.1. The molecule has 0 N–H and O–H groups in total. The van der Waals surface area contributed by atoms with Gasteiger partial charge in [0.25, 0.3) is 0 Å². The molecule has 0 saturated carbocycles. The van der Waals surface area contributed by atoms with E-state index in [0.29, 0.717) is 6.61 Å². The highest BCUT2D eigenvalue weighted by Crippen LogP contribution is 2.32. The molecule has 0 aromatic carbocycles. The molecule has 0 heterocycles. The number of esters is 1. The highest BCUT2D eigenvalue weighted by Gasteiger charge is 2.06. The van der Waals surface area contributed by atoms with Crippen molar-refractivity contribution in [3.63, 3.8) is 0 Å². The number of carbonyl (C=O) groups is 1. The minimum atomic E-state index is -0.310. The SMILES string of the molecule is C=CC(=O)OCCCCCCSSC(CC)CCCCC. The van der Waals surface area contributed by atoms with E-state index in [0.717, 1.165) is 18.1 Å². The molecule has 0 radical (unpaired) electrons. The minimum absolute atomic E-state index is 0.310. The first-order chi connectivity index (χ1) is 10.2. The summed E-state index contributed by atoms with van der Waals surface area (Å²) in [6.45, 7) is 8.47. The zero-order valence-corrected chi connectivity index (χ0v) is 15.4. The zero-order chi connectivity index (χ0) is 15.8. The van der Waals surface area contributed by atoms with Gasteiger partial charge in [0.2, 0.25) is 0 Å². The van der Waals surface area contributed by atoms with E-state index in [9.17, 15) is 4.79 Å². The molecule has 0 spiro atoms. The predicted molar refractivity (Wildman–Crippen MR) is 97.9 cm³/mol. The minimum Gasteiger partial charge on any atom is -0.463 e. The monoisotopic (exact) mass is 332 g/mol. The van der Waals surface area contributed by atoms with Crippen molar-refractivity contribution in [2.45, 2.75) is 76.9 Å². The number of rotatable bonds is 15. The van der Waals surface area contributed by atoms with Gasteiger partial charge in [0.15, 0.2) is 0 Å². The van der Waals surface area contributed by atoms with Crippen molar-refractivity contribution in [2.75, 3.05) is 12.4 Å². The molecular weight excluding hydrogens is 300 g/mol. The molecule has 0 amide bonds. The lowest BCUT2D eigenvalue weighted by molar-refractivity contribution is -0.137. The van der Waals surface area contributed by atoms with Gasteiger partial charge in [-0.1, -0.05) is 74.1 Å². The van der Waals surface area contributed by atoms with Crippen molar-refractivity contribution in [3.05, 3.63) is 12.7 Å². The van der Waals surface area contributed by atoms with Crippen molar-refractivity contribution in [2.24, 2.45) is 0 Å². The highest BCUT2D eigenvalue weighted by atomic mass is 33.1. The molecule has 0 aliphatic rings. The van der Waals surface area contributed by atoms with E-state index in [4.69, 9.17) is 4.74 Å². The number of hydrogen-bond donors (Lipinski definition) is 0. The maximum Gasteiger partial charge on any atom is 0.330 e. The summed E-state index contributed by atoms with van der Waals surface area (Å²) in [4.78, 5) is 10.8. The average molecular weight is 333 g/mol. The Kier molecular flexibility index (Phi) is 16.2. The van der Waals surface area contributed by atoms with Crippen LogP contribution in [0.15, 0.2) is 12.7 Å². The van der Waals surface area contributed by atoms with E-state index in [1.165, 1.54) is 56.8 Å². The van der Waals surface area contributed by atoms with Crippen molar-refractivity contribution >= 4 is 27.6 Å². The Bertz CT molecular complexity index is 257. The summed E-state index contributed by atoms with van der Waals surface area (Å²) in [6.07, 6.45) is 12.5. The average Bonchev–Trinajstić information content (AvgIpc) is 2.51. The van der Waals surface area contributed by atoms with Crippen molar-refractivity contribution in [1.29, 1.82) is 0 Å². The van der Waals surface area contributed by atoms with Crippen LogP contribution in [0.2, 0.25) is 0 Å². The Morgan fingerprint density at radius 1 is 1.14 bits per heavy atom. The van der Waals surface area contributed by atoms with E-state index in [-0.39, 0.29) is 5.97 Å². The van der Waals surface area contributed by atoms with Crippen LogP contribution in [0.5, 0.6) is 0 Å². The van der Waals surface area contributed by atoms with E-state index in [1.807, 2.05) is 10.8 Å². The van der Waals surface area contributed by atoms with E-state index in [2.05, 4.69) is 31.2 Å². The molecule has 0 aromatic heterocycles. The number of carbonyl (C=O) groups excluding carboxylic acids is 1. The van der Waals surface area contributed by atoms with Gasteiger partial charge in [-0.3, -0.25) is 0 Å². The Balaban J connectivity index is 3.30. The Morgan fingerprint density at radius 3 is 2.57 bits per heavy atom. The van der Waals surface area contributed by atoms with Gasteiger partial charge in [-0.15, -0.1) is 0 Å². The van der Waals surface area contributed by atoms with Gasteiger partial charge in [0.1, 0.15) is 0 Å². The van der Waals surface area contributed by atoms with Crippen LogP contribution in [0.1, 0.15) is 71.6 Å². The van der Waals surface area contributed by atoms with Crippen LogP contribution in [-0.4, -0.2) is 23.6 Å². The third-order valence-corrected chi connectivity index (χ3v) is 6.48. The molecular formula is C17H32O2S2. The molecule has 4 heteroatoms. The smallest absolute Gasteiger partial charge is 0.330 e. The van der Waals surface area contributed by atoms with Crippen molar-refractivity contribution in [1.82, 2.24) is 0 Å². The van der Waals surface area contributed by atoms with Crippen LogP contribution in [0.25, 0.3) is 0 Å². The van der Waals surface area contributed by atoms with Crippen LogP contribution >= 0.6 is 21.6 Å². The lowest BCUT2D eigenvalue weighted by Gasteiger charge is -2.13. The van der Waals surface area contributed by atoms with Crippen LogP contribution in [0.4, 0.5) is 0 Å². The molecule has 0 bridgehead atoms. The maximum atomic E-state index is 10.8. The number of hydrogen-bond acceptors (Lipinski definition) is 4. The van der Waals surface area contributed by atoms with Gasteiger partial charge in [-0.25, -0.2) is 4.79 Å². The van der Waals surface area contributed by atoms with Gasteiger partial charge in [0.05, 0.1) is 6.61 Å². The predicted octanol–water partition coefficient (Wildman–Crippen LogP) is 6.02. The van der Waals surface area contributed by atoms with Gasteiger partial charge in [-0.05, 0) is 25.7 Å². The molecule has 21 heavy (non-hydrogen) atoms. The summed E-state index contributed by atoms with van der Waals surface area (Å²) in [5, 5.41) is 0.833. The standard InChI is InChI=1S/C17H32O2S2/c1-4-7-10-13-16(5-2)21-20-15-12-9-8-11-14-19-17(18)6-3/h6,16H,3-5,7-15H2,1-2H3. The molecule has 0 fully saturated rings. The fourth-order valence-corrected chi connectivity index (χ4v) is 4.86. The topological polar surface area (TPSA) is 26.3 Å². The molecule has 124 valence electrons. The number of ether oxygens (including phenoxy) is 1. The fourth-order valence-electron chi connectivity index (χ4n) is 1.93. The summed E-state index contributed by atoms with van der Waals surface area (Å²) in [7, 11) is 4.12. The fraction of sp³-hybridized carbons (Fsp3) is 0.824. The van der Waals surface area contributed by atoms with E-state index in [1.54, 1.807) is 0 Å². The lowest BCUT2D eigenvalue weighted by atomic mass is 10.1. The van der Waals surface area contributed by atoms with Crippen LogP contribution in [0.3, 0.4) is 0 Å². The second kappa shape index (κ2) is 16.3. The zero-order valence-electron chi connectivity index (χ0n) is 13.8. The summed E-state index contributed by atoms with van der Waals surface area (Å²) in [5.74, 6) is 0.928. The lowest BCUT2D eigenvalue weighted by Crippen LogP contribution is -2.01. The van der Waals surface area contributed by atoms with Gasteiger partial charge in [0, 0.05) is 17.1 Å². The van der Waals surface area contributed by atoms with Crippen LogP contribution in [0, 0.1) is 0 Å². The second-order valence-corrected chi connectivity index (χ2v) is 8.02. The summed E-state index contributed by atoms with van der Waals surface area (Å²) in [6, 6.07) is 0. The molecule has 0 aliphatic heterocycles. The van der Waals surface area contributed by atoms with Crippen LogP contribution in [-0.2, 0) is 9.53 Å². The first-order valence-electron chi connectivity index (χ1n) is 8.32. The quantitative estimate of drug-likeness (QED) is 0.159. The molecule has 0 aromatic rings. The van der Waals surface area contributed by atoms with Gasteiger partial charge >= 0.3 is 5.97 Å². The van der Waals surface area contributed by atoms with Crippen LogP contribution < -0.4 is 0 Å². The Morgan fingerprint density at radius 2 is 1.90 bits per heavy atom. The van der Waals surface area contributed by atoms with Crippen molar-refractivity contribution < 1.29 is 9.53 Å². The van der Waals surface area contributed by atoms with E-state index < -0.39 is 0 Å². The molecule has 1 unspecified atom stereocenters. The van der Waals surface area contributed by atoms with Crippen molar-refractivity contribution in [3.8, 4) is 0 Å². The second-order valence-electron chi connectivity index (χ2n) is 5.23. The molecule has 0 rings (SSSR count). The summed E-state index contributed by atoms with van der Waals surface area (Å²) < 4.78 is 4.95. The maximum absolute atomic E-state index is 10.8. The molecule has 0 aliphatic carbocycles. The largest absolute Gasteiger partial charge is 0.463 e. The molecule has 2 nitrogen and oxygen atoms in total. The third kappa shape index (κ3) is 14.6. The molecule has 0 saturated heterocycles. The summed E-state index contributed by atoms with van der Waals surface area (Å²) >= 11 is 0. The van der Waals surface area contributed by atoms with Gasteiger partial charge < -0.3 is 4.74 Å². The number of unbranched alkanes of at least 4 members (excludes halogenated alkanes) is 5. The Labute approximate surface area is 139 Å². The van der Waals surface area contributed by atoms with Gasteiger partial charge in [-0.2, -0.15) is 0 Å². The first kappa shape index (κ1) is 20.9. The first-order valence-corrected chi connectivity index (χ1v) is 10.7. The third-order valence-electron chi connectivity index (χ3n) is 3.32. The summed E-state index contributed by atoms with van der Waals surface area (Å²) in [5.41, 5.74) is 0. The molecule has 1 atom stereocenters. The Hall–Kier alpha value is -0.0900. The highest BCUT2D eigenvalue weighted by molar-refractivity contribution is 8.76. The van der Waals surface area contributed by atoms with E-state index >= 15 is 0 Å².